The van der Waals surface area contributed by atoms with E-state index < -0.39 is 0 Å². The summed E-state index contributed by atoms with van der Waals surface area (Å²) in [7, 11) is 1.78. The molecule has 0 bridgehead atoms. The number of carbonyl (C=O) groups is 1. The van der Waals surface area contributed by atoms with Gasteiger partial charge in [0, 0.05) is 29.5 Å². The molecule has 1 aromatic carbocycles. The van der Waals surface area contributed by atoms with E-state index in [1.165, 1.54) is 18.3 Å². The molecule has 0 fully saturated rings. The number of anilines is 1. The molecule has 2 heterocycles. The zero-order valence-corrected chi connectivity index (χ0v) is 14.8. The first-order valence-electron chi connectivity index (χ1n) is 7.63. The molecule has 1 amide bonds. The van der Waals surface area contributed by atoms with Crippen LogP contribution in [0.2, 0.25) is 5.02 Å². The monoisotopic (exact) mass is 361 g/mol. The Kier molecular flexibility index (Phi) is 4.59. The molecule has 0 saturated heterocycles. The lowest BCUT2D eigenvalue weighted by atomic mass is 10.2. The number of carbonyl (C=O) groups excluding carboxylic acids is 1. The third-order valence-electron chi connectivity index (χ3n) is 4.04. The van der Waals surface area contributed by atoms with Gasteiger partial charge < -0.3 is 5.32 Å². The van der Waals surface area contributed by atoms with E-state index in [9.17, 15) is 9.18 Å². The minimum atomic E-state index is -0.384. The molecule has 130 valence electrons. The maximum Gasteiger partial charge on any atom is 0.260 e. The van der Waals surface area contributed by atoms with Gasteiger partial charge in [-0.25, -0.2) is 4.39 Å². The largest absolute Gasteiger partial charge is 0.305 e. The number of hydrogen-bond acceptors (Lipinski definition) is 3. The number of halogens is 2. The van der Waals surface area contributed by atoms with Crippen LogP contribution in [-0.4, -0.2) is 25.5 Å². The van der Waals surface area contributed by atoms with Crippen molar-refractivity contribution in [2.45, 2.75) is 20.4 Å². The van der Waals surface area contributed by atoms with Gasteiger partial charge in [0.25, 0.3) is 5.91 Å². The first kappa shape index (κ1) is 17.2. The predicted octanol–water partition coefficient (Wildman–Crippen LogP) is 3.33. The van der Waals surface area contributed by atoms with Gasteiger partial charge in [0.2, 0.25) is 0 Å². The van der Waals surface area contributed by atoms with Crippen molar-refractivity contribution < 1.29 is 9.18 Å². The maximum absolute atomic E-state index is 13.1. The maximum atomic E-state index is 13.1. The number of aryl methyl sites for hydroxylation is 2. The van der Waals surface area contributed by atoms with E-state index in [4.69, 9.17) is 11.6 Å². The van der Waals surface area contributed by atoms with E-state index in [1.807, 2.05) is 13.8 Å². The molecule has 0 aliphatic heterocycles. The third kappa shape index (κ3) is 3.56. The van der Waals surface area contributed by atoms with E-state index in [-0.39, 0.29) is 11.7 Å². The lowest BCUT2D eigenvalue weighted by Gasteiger charge is -2.07. The van der Waals surface area contributed by atoms with Gasteiger partial charge in [-0.2, -0.15) is 10.2 Å². The van der Waals surface area contributed by atoms with Crippen molar-refractivity contribution in [3.63, 3.8) is 0 Å². The molecule has 2 aromatic heterocycles. The minimum absolute atomic E-state index is 0.268. The van der Waals surface area contributed by atoms with Crippen molar-refractivity contribution in [3.8, 4) is 0 Å². The summed E-state index contributed by atoms with van der Waals surface area (Å²) in [5.41, 5.74) is 2.86. The van der Waals surface area contributed by atoms with Gasteiger partial charge in [0.15, 0.2) is 5.82 Å². The molecule has 0 aliphatic carbocycles. The van der Waals surface area contributed by atoms with Crippen LogP contribution in [-0.2, 0) is 13.6 Å². The second-order valence-corrected chi connectivity index (χ2v) is 6.19. The molecule has 8 heteroatoms. The van der Waals surface area contributed by atoms with Gasteiger partial charge in [0.05, 0.1) is 18.3 Å². The highest BCUT2D eigenvalue weighted by atomic mass is 35.5. The van der Waals surface area contributed by atoms with Crippen molar-refractivity contribution in [1.82, 2.24) is 19.6 Å². The van der Waals surface area contributed by atoms with Crippen LogP contribution in [0.1, 0.15) is 27.3 Å². The Morgan fingerprint density at radius 2 is 2.08 bits per heavy atom. The van der Waals surface area contributed by atoms with Crippen molar-refractivity contribution in [2.24, 2.45) is 7.05 Å². The second-order valence-electron chi connectivity index (χ2n) is 5.79. The molecule has 0 radical (unpaired) electrons. The lowest BCUT2D eigenvalue weighted by molar-refractivity contribution is 0.102. The van der Waals surface area contributed by atoms with Crippen molar-refractivity contribution in [1.29, 1.82) is 0 Å². The molecule has 0 saturated carbocycles. The van der Waals surface area contributed by atoms with E-state index in [1.54, 1.807) is 28.5 Å². The van der Waals surface area contributed by atoms with Gasteiger partial charge in [-0.1, -0.05) is 17.7 Å². The van der Waals surface area contributed by atoms with Crippen LogP contribution in [0.5, 0.6) is 0 Å². The fraction of sp³-hybridized carbons (Fsp3) is 0.235. The number of aromatic nitrogens is 4. The van der Waals surface area contributed by atoms with Crippen LogP contribution in [0.15, 0.2) is 30.5 Å². The molecular formula is C17H17ClFN5O. The summed E-state index contributed by atoms with van der Waals surface area (Å²) >= 11 is 6.06. The molecule has 1 N–H and O–H groups in total. The number of nitrogens with zero attached hydrogens (tertiary/aromatic N) is 4. The topological polar surface area (TPSA) is 64.7 Å². The van der Waals surface area contributed by atoms with E-state index in [0.717, 1.165) is 17.0 Å². The van der Waals surface area contributed by atoms with Crippen molar-refractivity contribution in [3.05, 3.63) is 63.8 Å². The number of benzene rings is 1. The first-order valence-corrected chi connectivity index (χ1v) is 8.01. The fourth-order valence-corrected chi connectivity index (χ4v) is 2.67. The molecule has 3 aromatic rings. The molecule has 0 unspecified atom stereocenters. The standard InChI is InChI=1S/C17H17ClFN5O/c1-10-6-16(21-17(25)14-8-20-23(3)11(14)2)22-24(10)9-12-4-5-13(19)7-15(12)18/h4-8H,9H2,1-3H3,(H,21,22,25). The molecule has 6 nitrogen and oxygen atoms in total. The predicted molar refractivity (Wildman–Crippen MR) is 93.4 cm³/mol. The zero-order valence-electron chi connectivity index (χ0n) is 14.0. The zero-order chi connectivity index (χ0) is 18.1. The average Bonchev–Trinajstić information content (AvgIpc) is 3.05. The molecule has 3 rings (SSSR count). The Balaban J connectivity index is 1.78. The van der Waals surface area contributed by atoms with Crippen molar-refractivity contribution in [2.75, 3.05) is 5.32 Å². The van der Waals surface area contributed by atoms with Crippen LogP contribution >= 0.6 is 11.6 Å². The van der Waals surface area contributed by atoms with Crippen molar-refractivity contribution >= 4 is 23.3 Å². The average molecular weight is 362 g/mol. The summed E-state index contributed by atoms with van der Waals surface area (Å²) in [5.74, 6) is -0.218. The summed E-state index contributed by atoms with van der Waals surface area (Å²) in [6.45, 7) is 4.07. The molecular weight excluding hydrogens is 345 g/mol. The second kappa shape index (κ2) is 6.68. The SMILES string of the molecule is Cc1c(C(=O)Nc2cc(C)n(Cc3ccc(F)cc3Cl)n2)cnn1C. The van der Waals surface area contributed by atoms with Gasteiger partial charge in [-0.05, 0) is 31.5 Å². The number of hydrogen-bond donors (Lipinski definition) is 1. The fourth-order valence-electron chi connectivity index (χ4n) is 2.45. The summed E-state index contributed by atoms with van der Waals surface area (Å²) in [5, 5.41) is 11.5. The first-order chi connectivity index (χ1) is 11.8. The Hall–Kier alpha value is -2.67. The molecule has 25 heavy (non-hydrogen) atoms. The van der Waals surface area contributed by atoms with Gasteiger partial charge >= 0.3 is 0 Å². The summed E-state index contributed by atoms with van der Waals surface area (Å²) in [6, 6.07) is 6.01. The summed E-state index contributed by atoms with van der Waals surface area (Å²) < 4.78 is 16.5. The molecule has 0 spiro atoms. The Labute approximate surface area is 149 Å². The van der Waals surface area contributed by atoms with Gasteiger partial charge in [-0.15, -0.1) is 0 Å². The number of nitrogens with one attached hydrogen (secondary N) is 1. The van der Waals surface area contributed by atoms with Gasteiger partial charge in [-0.3, -0.25) is 14.2 Å². The van der Waals surface area contributed by atoms with Crippen LogP contribution in [0.25, 0.3) is 0 Å². The smallest absolute Gasteiger partial charge is 0.260 e. The van der Waals surface area contributed by atoms with E-state index in [0.29, 0.717) is 22.9 Å². The summed E-state index contributed by atoms with van der Waals surface area (Å²) in [6.07, 6.45) is 1.52. The van der Waals surface area contributed by atoms with Crippen LogP contribution in [0.3, 0.4) is 0 Å². The highest BCUT2D eigenvalue weighted by Gasteiger charge is 2.15. The van der Waals surface area contributed by atoms with E-state index in [2.05, 4.69) is 15.5 Å². The normalized spacial score (nSPS) is 10.9. The lowest BCUT2D eigenvalue weighted by Crippen LogP contribution is -2.14. The summed E-state index contributed by atoms with van der Waals surface area (Å²) in [4.78, 5) is 12.3. The quantitative estimate of drug-likeness (QED) is 0.775. The highest BCUT2D eigenvalue weighted by Crippen LogP contribution is 2.20. The molecule has 0 aliphatic rings. The van der Waals surface area contributed by atoms with Crippen LogP contribution in [0.4, 0.5) is 10.2 Å². The van der Waals surface area contributed by atoms with Gasteiger partial charge in [0.1, 0.15) is 5.82 Å². The Bertz CT molecular complexity index is 947. The molecule has 0 atom stereocenters. The number of amides is 1. The Morgan fingerprint density at radius 1 is 1.32 bits per heavy atom. The minimum Gasteiger partial charge on any atom is -0.305 e. The third-order valence-corrected chi connectivity index (χ3v) is 4.39. The highest BCUT2D eigenvalue weighted by molar-refractivity contribution is 6.31. The van der Waals surface area contributed by atoms with Crippen LogP contribution in [0, 0.1) is 19.7 Å². The van der Waals surface area contributed by atoms with E-state index >= 15 is 0 Å². The number of rotatable bonds is 4. The Morgan fingerprint density at radius 3 is 2.72 bits per heavy atom. The van der Waals surface area contributed by atoms with Crippen LogP contribution < -0.4 is 5.32 Å².